The van der Waals surface area contributed by atoms with E-state index in [1.165, 1.54) is 25.9 Å². The lowest BCUT2D eigenvalue weighted by atomic mass is 9.83. The van der Waals surface area contributed by atoms with Crippen LogP contribution < -0.4 is 10.5 Å². The Bertz CT molecular complexity index is 445. The first-order valence-electron chi connectivity index (χ1n) is 6.45. The average Bonchev–Trinajstić information content (AvgIpc) is 2.45. The van der Waals surface area contributed by atoms with E-state index in [9.17, 15) is 4.79 Å². The van der Waals surface area contributed by atoms with Crippen LogP contribution >= 0.6 is 0 Å². The lowest BCUT2D eigenvalue weighted by molar-refractivity contribution is 0.0591. The highest BCUT2D eigenvalue weighted by Gasteiger charge is 2.28. The van der Waals surface area contributed by atoms with E-state index in [4.69, 9.17) is 10.5 Å². The smallest absolute Gasteiger partial charge is 0.358 e. The van der Waals surface area contributed by atoms with E-state index < -0.39 is 5.97 Å². The monoisotopic (exact) mass is 265 g/mol. The third-order valence-corrected chi connectivity index (χ3v) is 3.36. The van der Waals surface area contributed by atoms with Gasteiger partial charge in [-0.15, -0.1) is 0 Å². The Morgan fingerprint density at radius 1 is 1.37 bits per heavy atom. The summed E-state index contributed by atoms with van der Waals surface area (Å²) in [4.78, 5) is 19.3. The lowest BCUT2D eigenvalue weighted by Gasteiger charge is -2.32. The van der Waals surface area contributed by atoms with Crippen molar-refractivity contribution >= 4 is 5.97 Å². The molecule has 1 heterocycles. The molecule has 1 saturated carbocycles. The van der Waals surface area contributed by atoms with Gasteiger partial charge in [0.25, 0.3) is 0 Å². The van der Waals surface area contributed by atoms with Crippen molar-refractivity contribution in [3.8, 4) is 5.88 Å². The molecule has 2 rings (SSSR count). The van der Waals surface area contributed by atoms with Gasteiger partial charge in [-0.05, 0) is 12.8 Å². The van der Waals surface area contributed by atoms with Crippen molar-refractivity contribution in [2.45, 2.75) is 37.6 Å². The molecule has 1 aromatic rings. The summed E-state index contributed by atoms with van der Waals surface area (Å²) in [5, 5.41) is 0. The Balaban J connectivity index is 1.97. The third-order valence-electron chi connectivity index (χ3n) is 3.36. The molecule has 0 saturated heterocycles. The van der Waals surface area contributed by atoms with Crippen molar-refractivity contribution < 1.29 is 14.3 Å². The largest absolute Gasteiger partial charge is 0.475 e. The number of hydrogen-bond donors (Lipinski definition) is 1. The zero-order chi connectivity index (χ0) is 13.7. The minimum absolute atomic E-state index is 0.134. The van der Waals surface area contributed by atoms with Crippen molar-refractivity contribution in [1.29, 1.82) is 0 Å². The molecular weight excluding hydrogens is 246 g/mol. The van der Waals surface area contributed by atoms with Crippen molar-refractivity contribution in [2.75, 3.05) is 13.7 Å². The SMILES string of the molecule is COC(=O)c1cncc(OCC2(N)CCCCC2)n1. The fourth-order valence-electron chi connectivity index (χ4n) is 2.24. The zero-order valence-electron chi connectivity index (χ0n) is 11.1. The second-order valence-electron chi connectivity index (χ2n) is 4.95. The summed E-state index contributed by atoms with van der Waals surface area (Å²) in [5.74, 6) is -0.226. The number of rotatable bonds is 4. The van der Waals surface area contributed by atoms with Crippen molar-refractivity contribution in [3.05, 3.63) is 18.1 Å². The Kier molecular flexibility index (Phi) is 4.31. The summed E-state index contributed by atoms with van der Waals surface area (Å²) in [6.45, 7) is 0.395. The predicted molar refractivity (Wildman–Crippen MR) is 68.9 cm³/mol. The average molecular weight is 265 g/mol. The van der Waals surface area contributed by atoms with Crippen LogP contribution in [0.25, 0.3) is 0 Å². The molecule has 104 valence electrons. The van der Waals surface area contributed by atoms with Gasteiger partial charge in [0.05, 0.1) is 25.0 Å². The maximum atomic E-state index is 11.3. The van der Waals surface area contributed by atoms with Crippen molar-refractivity contribution in [3.63, 3.8) is 0 Å². The van der Waals surface area contributed by atoms with Crippen LogP contribution in [0.15, 0.2) is 12.4 Å². The highest BCUT2D eigenvalue weighted by Crippen LogP contribution is 2.26. The number of methoxy groups -OCH3 is 1. The van der Waals surface area contributed by atoms with E-state index in [0.29, 0.717) is 12.5 Å². The summed E-state index contributed by atoms with van der Waals surface area (Å²) in [6.07, 6.45) is 8.22. The second kappa shape index (κ2) is 5.97. The maximum absolute atomic E-state index is 11.3. The molecule has 0 aliphatic heterocycles. The van der Waals surface area contributed by atoms with E-state index in [0.717, 1.165) is 25.7 Å². The van der Waals surface area contributed by atoms with E-state index in [2.05, 4.69) is 14.7 Å². The summed E-state index contributed by atoms with van der Waals surface area (Å²) < 4.78 is 10.2. The summed E-state index contributed by atoms with van der Waals surface area (Å²) in [7, 11) is 1.30. The molecule has 0 unspecified atom stereocenters. The normalized spacial score (nSPS) is 17.8. The number of carbonyl (C=O) groups excluding carboxylic acids is 1. The molecule has 19 heavy (non-hydrogen) atoms. The van der Waals surface area contributed by atoms with Gasteiger partial charge in [-0.2, -0.15) is 0 Å². The van der Waals surface area contributed by atoms with Crippen LogP contribution in [-0.4, -0.2) is 35.2 Å². The minimum Gasteiger partial charge on any atom is -0.475 e. The molecular formula is C13H19N3O3. The Morgan fingerprint density at radius 3 is 2.79 bits per heavy atom. The Morgan fingerprint density at radius 2 is 2.11 bits per heavy atom. The predicted octanol–water partition coefficient (Wildman–Crippen LogP) is 1.30. The van der Waals surface area contributed by atoms with Crippen LogP contribution in [0.3, 0.4) is 0 Å². The molecule has 6 heteroatoms. The number of aromatic nitrogens is 2. The topological polar surface area (TPSA) is 87.3 Å². The Labute approximate surface area is 112 Å². The molecule has 1 aromatic heterocycles. The van der Waals surface area contributed by atoms with Gasteiger partial charge in [-0.1, -0.05) is 19.3 Å². The molecule has 6 nitrogen and oxygen atoms in total. The van der Waals surface area contributed by atoms with E-state index >= 15 is 0 Å². The number of nitrogens with two attached hydrogens (primary N) is 1. The fourth-order valence-corrected chi connectivity index (χ4v) is 2.24. The van der Waals surface area contributed by atoms with E-state index in [-0.39, 0.29) is 11.2 Å². The van der Waals surface area contributed by atoms with E-state index in [1.54, 1.807) is 0 Å². The van der Waals surface area contributed by atoms with Crippen LogP contribution in [0.1, 0.15) is 42.6 Å². The molecule has 2 N–H and O–H groups in total. The zero-order valence-corrected chi connectivity index (χ0v) is 11.1. The van der Waals surface area contributed by atoms with Gasteiger partial charge in [0.2, 0.25) is 5.88 Å². The molecule has 0 amide bonds. The van der Waals surface area contributed by atoms with Gasteiger partial charge < -0.3 is 15.2 Å². The highest BCUT2D eigenvalue weighted by atomic mass is 16.5. The van der Waals surface area contributed by atoms with Crippen molar-refractivity contribution in [2.24, 2.45) is 5.73 Å². The molecule has 0 radical (unpaired) electrons. The second-order valence-corrected chi connectivity index (χ2v) is 4.95. The first kappa shape index (κ1) is 13.7. The molecule has 0 spiro atoms. The molecule has 0 atom stereocenters. The first-order chi connectivity index (χ1) is 9.13. The van der Waals surface area contributed by atoms with E-state index in [1.807, 2.05) is 0 Å². The minimum atomic E-state index is -0.530. The maximum Gasteiger partial charge on any atom is 0.358 e. The summed E-state index contributed by atoms with van der Waals surface area (Å²) >= 11 is 0. The molecule has 0 bridgehead atoms. The van der Waals surface area contributed by atoms with Gasteiger partial charge in [0, 0.05) is 0 Å². The first-order valence-corrected chi connectivity index (χ1v) is 6.45. The Hall–Kier alpha value is -1.69. The molecule has 1 aliphatic rings. The van der Waals surface area contributed by atoms with Gasteiger partial charge in [0.15, 0.2) is 5.69 Å². The lowest BCUT2D eigenvalue weighted by Crippen LogP contribution is -2.47. The van der Waals surface area contributed by atoms with Crippen LogP contribution in [0.5, 0.6) is 5.88 Å². The van der Waals surface area contributed by atoms with Crippen LogP contribution in [0.4, 0.5) is 0 Å². The summed E-state index contributed by atoms with van der Waals surface area (Å²) in [5.41, 5.74) is 6.11. The third kappa shape index (κ3) is 3.64. The molecule has 1 aliphatic carbocycles. The van der Waals surface area contributed by atoms with Crippen molar-refractivity contribution in [1.82, 2.24) is 9.97 Å². The molecule has 1 fully saturated rings. The van der Waals surface area contributed by atoms with Crippen LogP contribution in [0.2, 0.25) is 0 Å². The molecule has 0 aromatic carbocycles. The van der Waals surface area contributed by atoms with Gasteiger partial charge in [0.1, 0.15) is 6.61 Å². The van der Waals surface area contributed by atoms with Gasteiger partial charge in [-0.25, -0.2) is 9.78 Å². The van der Waals surface area contributed by atoms with Crippen LogP contribution in [-0.2, 0) is 4.74 Å². The highest BCUT2D eigenvalue weighted by molar-refractivity contribution is 5.86. The number of ether oxygens (including phenoxy) is 2. The van der Waals surface area contributed by atoms with Gasteiger partial charge >= 0.3 is 5.97 Å². The number of esters is 1. The van der Waals surface area contributed by atoms with Crippen LogP contribution in [0, 0.1) is 0 Å². The van der Waals surface area contributed by atoms with Gasteiger partial charge in [-0.3, -0.25) is 4.98 Å². The fraction of sp³-hybridized carbons (Fsp3) is 0.615. The quantitative estimate of drug-likeness (QED) is 0.826. The number of nitrogens with zero attached hydrogens (tertiary/aromatic N) is 2. The standard InChI is InChI=1S/C13H19N3O3/c1-18-12(17)10-7-15-8-11(16-10)19-9-13(14)5-3-2-4-6-13/h7-8H,2-6,9,14H2,1H3. The number of carbonyl (C=O) groups is 1. The number of hydrogen-bond acceptors (Lipinski definition) is 6. The summed E-state index contributed by atoms with van der Waals surface area (Å²) in [6, 6.07) is 0.